The second kappa shape index (κ2) is 6.48. The Balaban J connectivity index is 2.02. The Kier molecular flexibility index (Phi) is 4.38. The lowest BCUT2D eigenvalue weighted by Gasteiger charge is -2.32. The zero-order valence-corrected chi connectivity index (χ0v) is 14.3. The van der Waals surface area contributed by atoms with Gasteiger partial charge in [-0.2, -0.15) is 5.10 Å². The monoisotopic (exact) mass is 322 g/mol. The summed E-state index contributed by atoms with van der Waals surface area (Å²) in [7, 11) is 0. The maximum atomic E-state index is 11.3. The molecule has 0 saturated carbocycles. The van der Waals surface area contributed by atoms with Crippen LogP contribution >= 0.6 is 0 Å². The molecule has 4 heteroatoms. The number of esters is 1. The Bertz CT molecular complexity index is 739. The van der Waals surface area contributed by atoms with Crippen molar-refractivity contribution in [1.29, 1.82) is 0 Å². The number of hydrazone groups is 1. The number of hydrogen-bond donors (Lipinski definition) is 0. The molecule has 0 bridgehead atoms. The second-order valence-corrected chi connectivity index (χ2v) is 6.53. The number of hydrogen-bond acceptors (Lipinski definition) is 4. The molecule has 24 heavy (non-hydrogen) atoms. The van der Waals surface area contributed by atoms with Gasteiger partial charge in [0.15, 0.2) is 0 Å². The summed E-state index contributed by atoms with van der Waals surface area (Å²) in [4.78, 5) is 11.3. The van der Waals surface area contributed by atoms with Crippen LogP contribution in [0.4, 0.5) is 5.69 Å². The molecule has 1 atom stereocenters. The third-order valence-electron chi connectivity index (χ3n) is 4.46. The van der Waals surface area contributed by atoms with E-state index >= 15 is 0 Å². The number of carbonyl (C=O) groups excluding carboxylic acids is 1. The third-order valence-corrected chi connectivity index (χ3v) is 4.46. The van der Waals surface area contributed by atoms with Gasteiger partial charge in [0.1, 0.15) is 6.61 Å². The predicted octanol–water partition coefficient (Wildman–Crippen LogP) is 3.87. The summed E-state index contributed by atoms with van der Waals surface area (Å²) in [6, 6.07) is 20.1. The minimum Gasteiger partial charge on any atom is -0.464 e. The molecule has 3 rings (SSSR count). The zero-order chi connectivity index (χ0) is 17.2. The molecule has 0 saturated heterocycles. The number of rotatable bonds is 4. The standard InChI is InChI=1S/C20H22N2O2/c1-15(23)24-14-18-20(2,3)19(16-10-6-4-7-11-16)21-22(18)17-12-8-5-9-13-17/h4-13,18H,14H2,1-3H3. The number of benzene rings is 2. The average molecular weight is 322 g/mol. The number of nitrogens with zero attached hydrogens (tertiary/aromatic N) is 2. The number of para-hydroxylation sites is 1. The van der Waals surface area contributed by atoms with E-state index in [1.807, 2.05) is 53.5 Å². The van der Waals surface area contributed by atoms with Crippen molar-refractivity contribution in [3.8, 4) is 0 Å². The van der Waals surface area contributed by atoms with Gasteiger partial charge in [0, 0.05) is 12.3 Å². The first kappa shape index (κ1) is 16.2. The highest BCUT2D eigenvalue weighted by molar-refractivity contribution is 6.07. The van der Waals surface area contributed by atoms with Crippen LogP contribution in [-0.4, -0.2) is 24.3 Å². The molecule has 0 amide bonds. The lowest BCUT2D eigenvalue weighted by Crippen LogP contribution is -2.43. The highest BCUT2D eigenvalue weighted by Crippen LogP contribution is 2.39. The summed E-state index contributed by atoms with van der Waals surface area (Å²) in [5.41, 5.74) is 2.83. The van der Waals surface area contributed by atoms with Crippen LogP contribution in [0.15, 0.2) is 65.8 Å². The minimum atomic E-state index is -0.271. The maximum Gasteiger partial charge on any atom is 0.302 e. The first-order valence-corrected chi connectivity index (χ1v) is 8.12. The van der Waals surface area contributed by atoms with Gasteiger partial charge in [0.25, 0.3) is 0 Å². The van der Waals surface area contributed by atoms with E-state index in [9.17, 15) is 4.79 Å². The molecule has 1 unspecified atom stereocenters. The summed E-state index contributed by atoms with van der Waals surface area (Å²) in [6.45, 7) is 6.04. The molecule has 0 N–H and O–H groups in total. The quantitative estimate of drug-likeness (QED) is 0.803. The van der Waals surface area contributed by atoms with Gasteiger partial charge >= 0.3 is 5.97 Å². The van der Waals surface area contributed by atoms with Crippen LogP contribution in [0.25, 0.3) is 0 Å². The van der Waals surface area contributed by atoms with E-state index in [1.165, 1.54) is 6.92 Å². The first-order chi connectivity index (χ1) is 11.5. The maximum absolute atomic E-state index is 11.3. The largest absolute Gasteiger partial charge is 0.464 e. The van der Waals surface area contributed by atoms with Crippen LogP contribution < -0.4 is 5.01 Å². The molecule has 0 spiro atoms. The van der Waals surface area contributed by atoms with E-state index in [1.54, 1.807) is 0 Å². The van der Waals surface area contributed by atoms with Crippen molar-refractivity contribution < 1.29 is 9.53 Å². The first-order valence-electron chi connectivity index (χ1n) is 8.12. The van der Waals surface area contributed by atoms with E-state index in [4.69, 9.17) is 9.84 Å². The lowest BCUT2D eigenvalue weighted by atomic mass is 9.78. The fraction of sp³-hybridized carbons (Fsp3) is 0.300. The summed E-state index contributed by atoms with van der Waals surface area (Å²) < 4.78 is 5.34. The molecule has 1 heterocycles. The summed E-state index contributed by atoms with van der Waals surface area (Å²) >= 11 is 0. The highest BCUT2D eigenvalue weighted by atomic mass is 16.5. The molecule has 1 aliphatic rings. The van der Waals surface area contributed by atoms with Gasteiger partial charge in [0.2, 0.25) is 0 Å². The van der Waals surface area contributed by atoms with Gasteiger partial charge in [-0.25, -0.2) is 0 Å². The van der Waals surface area contributed by atoms with Crippen LogP contribution in [0, 0.1) is 5.41 Å². The lowest BCUT2D eigenvalue weighted by molar-refractivity contribution is -0.141. The van der Waals surface area contributed by atoms with E-state index < -0.39 is 0 Å². The topological polar surface area (TPSA) is 41.9 Å². The number of carbonyl (C=O) groups is 1. The molecule has 2 aromatic rings. The van der Waals surface area contributed by atoms with E-state index in [2.05, 4.69) is 26.0 Å². The molecule has 0 fully saturated rings. The molecule has 2 aromatic carbocycles. The average Bonchev–Trinajstić information content (AvgIpc) is 2.85. The molecule has 0 radical (unpaired) electrons. The molecule has 1 aliphatic heterocycles. The summed E-state index contributed by atoms with van der Waals surface area (Å²) in [6.07, 6.45) is 0. The normalized spacial score (nSPS) is 19.0. The fourth-order valence-corrected chi connectivity index (χ4v) is 3.09. The fourth-order valence-electron chi connectivity index (χ4n) is 3.09. The Morgan fingerprint density at radius 3 is 2.25 bits per heavy atom. The second-order valence-electron chi connectivity index (χ2n) is 6.53. The van der Waals surface area contributed by atoms with Crippen LogP contribution in [0.5, 0.6) is 0 Å². The summed E-state index contributed by atoms with van der Waals surface area (Å²) in [5, 5.41) is 6.88. The van der Waals surface area contributed by atoms with Crippen molar-refractivity contribution in [2.75, 3.05) is 11.6 Å². The Hall–Kier alpha value is -2.62. The number of ether oxygens (including phenoxy) is 1. The van der Waals surface area contributed by atoms with Crippen molar-refractivity contribution in [1.82, 2.24) is 0 Å². The third kappa shape index (κ3) is 3.04. The van der Waals surface area contributed by atoms with Gasteiger partial charge in [-0.05, 0) is 17.7 Å². The number of anilines is 1. The van der Waals surface area contributed by atoms with E-state index in [0.717, 1.165) is 17.0 Å². The van der Waals surface area contributed by atoms with Crippen molar-refractivity contribution in [3.05, 3.63) is 66.2 Å². The van der Waals surface area contributed by atoms with Gasteiger partial charge < -0.3 is 4.74 Å². The Morgan fingerprint density at radius 2 is 1.67 bits per heavy atom. The van der Waals surface area contributed by atoms with Gasteiger partial charge in [-0.3, -0.25) is 9.80 Å². The highest BCUT2D eigenvalue weighted by Gasteiger charge is 2.45. The van der Waals surface area contributed by atoms with E-state index in [0.29, 0.717) is 6.61 Å². The van der Waals surface area contributed by atoms with Gasteiger partial charge in [-0.15, -0.1) is 0 Å². The molecular formula is C20H22N2O2. The SMILES string of the molecule is CC(=O)OCC1N(c2ccccc2)N=C(c2ccccc2)C1(C)C. The molecule has 4 nitrogen and oxygen atoms in total. The van der Waals surface area contributed by atoms with Gasteiger partial charge in [0.05, 0.1) is 17.4 Å². The minimum absolute atomic E-state index is 0.0565. The molecule has 0 aliphatic carbocycles. The summed E-state index contributed by atoms with van der Waals surface area (Å²) in [5.74, 6) is -0.271. The Morgan fingerprint density at radius 1 is 1.08 bits per heavy atom. The molecule has 0 aromatic heterocycles. The van der Waals surface area contributed by atoms with E-state index in [-0.39, 0.29) is 17.4 Å². The predicted molar refractivity (Wildman–Crippen MR) is 96.1 cm³/mol. The van der Waals surface area contributed by atoms with Crippen LogP contribution in [0.3, 0.4) is 0 Å². The Labute approximate surface area is 142 Å². The van der Waals surface area contributed by atoms with Crippen molar-refractivity contribution in [2.24, 2.45) is 10.5 Å². The van der Waals surface area contributed by atoms with Gasteiger partial charge in [-0.1, -0.05) is 62.4 Å². The van der Waals surface area contributed by atoms with Crippen LogP contribution in [0.2, 0.25) is 0 Å². The smallest absolute Gasteiger partial charge is 0.302 e. The molecule has 124 valence electrons. The van der Waals surface area contributed by atoms with Crippen LogP contribution in [0.1, 0.15) is 26.3 Å². The zero-order valence-electron chi connectivity index (χ0n) is 14.3. The van der Waals surface area contributed by atoms with Crippen molar-refractivity contribution in [3.63, 3.8) is 0 Å². The van der Waals surface area contributed by atoms with Crippen molar-refractivity contribution >= 4 is 17.4 Å². The molecular weight excluding hydrogens is 300 g/mol. The van der Waals surface area contributed by atoms with Crippen LogP contribution in [-0.2, 0) is 9.53 Å². The van der Waals surface area contributed by atoms with Crippen molar-refractivity contribution in [2.45, 2.75) is 26.8 Å².